The summed E-state index contributed by atoms with van der Waals surface area (Å²) in [7, 11) is 0. The Morgan fingerprint density at radius 2 is 0.833 bits per heavy atom. The molecule has 1 atom stereocenters. The molecule has 5 heteroatoms. The van der Waals surface area contributed by atoms with Crippen LogP contribution in [0.1, 0.15) is 181 Å². The molecule has 48 heavy (non-hydrogen) atoms. The van der Waals surface area contributed by atoms with E-state index in [4.69, 9.17) is 9.47 Å². The molecule has 0 bridgehead atoms. The fraction of sp³-hybridized carbons (Fsp3) is 0.721. The van der Waals surface area contributed by atoms with Gasteiger partial charge in [0.25, 0.3) is 0 Å². The van der Waals surface area contributed by atoms with Gasteiger partial charge in [0, 0.05) is 12.8 Å². The van der Waals surface area contributed by atoms with E-state index in [9.17, 15) is 14.7 Å². The number of ether oxygens (including phenoxy) is 2. The van der Waals surface area contributed by atoms with Crippen molar-refractivity contribution in [2.45, 2.75) is 187 Å². The summed E-state index contributed by atoms with van der Waals surface area (Å²) in [6, 6.07) is 0. The predicted molar refractivity (Wildman–Crippen MR) is 205 cm³/mol. The van der Waals surface area contributed by atoms with Gasteiger partial charge >= 0.3 is 11.9 Å². The zero-order valence-corrected chi connectivity index (χ0v) is 31.2. The van der Waals surface area contributed by atoms with E-state index < -0.39 is 6.10 Å². The van der Waals surface area contributed by atoms with E-state index in [1.807, 2.05) is 0 Å². The van der Waals surface area contributed by atoms with E-state index in [1.165, 1.54) is 89.9 Å². The Balaban J connectivity index is 3.65. The van der Waals surface area contributed by atoms with Crippen LogP contribution in [0.4, 0.5) is 0 Å². The van der Waals surface area contributed by atoms with Crippen molar-refractivity contribution in [3.8, 4) is 0 Å². The van der Waals surface area contributed by atoms with E-state index in [2.05, 4.69) is 74.6 Å². The van der Waals surface area contributed by atoms with Crippen molar-refractivity contribution < 1.29 is 24.2 Å². The third kappa shape index (κ3) is 36.4. The standard InChI is InChI=1S/C43H74O5/c1-3-5-7-9-11-13-15-17-19-20-21-22-24-26-28-30-32-34-36-38-43(46)48-41(39-44)40-47-42(45)37-35-33-31-29-27-25-23-18-16-14-12-10-8-6-4-2/h11,13-14,16-17,19,21-22,26,28,41,44H,3-10,12,15,18,20,23-25,27,29-40H2,1-2H3/t41-/m0/s1. The quantitative estimate of drug-likeness (QED) is 0.0413. The number of hydrogen-bond donors (Lipinski definition) is 1. The molecule has 276 valence electrons. The average molecular weight is 671 g/mol. The highest BCUT2D eigenvalue weighted by Crippen LogP contribution is 2.12. The lowest BCUT2D eigenvalue weighted by molar-refractivity contribution is -0.161. The fourth-order valence-corrected chi connectivity index (χ4v) is 5.24. The highest BCUT2D eigenvalue weighted by atomic mass is 16.6. The van der Waals surface area contributed by atoms with Crippen molar-refractivity contribution in [3.63, 3.8) is 0 Å². The first-order valence-corrected chi connectivity index (χ1v) is 19.8. The lowest BCUT2D eigenvalue weighted by Gasteiger charge is -2.15. The maximum atomic E-state index is 12.2. The molecule has 0 aliphatic rings. The van der Waals surface area contributed by atoms with E-state index >= 15 is 0 Å². The first-order valence-electron chi connectivity index (χ1n) is 19.8. The minimum Gasteiger partial charge on any atom is -0.462 e. The third-order valence-corrected chi connectivity index (χ3v) is 8.28. The van der Waals surface area contributed by atoms with Crippen LogP contribution in [0.3, 0.4) is 0 Å². The van der Waals surface area contributed by atoms with Gasteiger partial charge in [0.15, 0.2) is 6.10 Å². The van der Waals surface area contributed by atoms with Crippen LogP contribution in [-0.4, -0.2) is 36.4 Å². The summed E-state index contributed by atoms with van der Waals surface area (Å²) in [6.45, 7) is 4.06. The Morgan fingerprint density at radius 1 is 0.479 bits per heavy atom. The number of carbonyl (C=O) groups is 2. The van der Waals surface area contributed by atoms with Crippen LogP contribution in [0.5, 0.6) is 0 Å². The Labute approximate surface area is 296 Å². The summed E-state index contributed by atoms with van der Waals surface area (Å²) in [4.78, 5) is 24.2. The summed E-state index contributed by atoms with van der Waals surface area (Å²) in [6.07, 6.45) is 49.9. The second kappa shape index (κ2) is 39.0. The maximum absolute atomic E-state index is 12.2. The number of aliphatic hydroxyl groups is 1. The first kappa shape index (κ1) is 45.6. The van der Waals surface area contributed by atoms with Crippen LogP contribution < -0.4 is 0 Å². The third-order valence-electron chi connectivity index (χ3n) is 8.28. The highest BCUT2D eigenvalue weighted by molar-refractivity contribution is 5.70. The van der Waals surface area contributed by atoms with Gasteiger partial charge in [-0.3, -0.25) is 9.59 Å². The minimum absolute atomic E-state index is 0.0830. The smallest absolute Gasteiger partial charge is 0.306 e. The molecule has 0 rings (SSSR count). The number of aliphatic hydroxyl groups excluding tert-OH is 1. The van der Waals surface area contributed by atoms with Gasteiger partial charge < -0.3 is 14.6 Å². The lowest BCUT2D eigenvalue weighted by Crippen LogP contribution is -2.28. The molecule has 0 heterocycles. The zero-order chi connectivity index (χ0) is 35.0. The molecular formula is C43H74O5. The van der Waals surface area contributed by atoms with Gasteiger partial charge in [-0.05, 0) is 83.5 Å². The largest absolute Gasteiger partial charge is 0.462 e. The molecular weight excluding hydrogens is 596 g/mol. The van der Waals surface area contributed by atoms with Crippen LogP contribution in [0.25, 0.3) is 0 Å². The molecule has 0 radical (unpaired) electrons. The Morgan fingerprint density at radius 3 is 1.33 bits per heavy atom. The number of rotatable bonds is 35. The molecule has 0 aromatic carbocycles. The van der Waals surface area contributed by atoms with Gasteiger partial charge in [0.1, 0.15) is 6.61 Å². The Bertz CT molecular complexity index is 853. The highest BCUT2D eigenvalue weighted by Gasteiger charge is 2.16. The molecule has 0 aromatic heterocycles. The minimum atomic E-state index is -0.791. The van der Waals surface area contributed by atoms with Crippen molar-refractivity contribution in [3.05, 3.63) is 60.8 Å². The number of hydrogen-bond acceptors (Lipinski definition) is 5. The van der Waals surface area contributed by atoms with Crippen LogP contribution >= 0.6 is 0 Å². The fourth-order valence-electron chi connectivity index (χ4n) is 5.24. The molecule has 0 aromatic rings. The Hall–Kier alpha value is -2.40. The molecule has 0 saturated carbocycles. The number of unbranched alkanes of at least 4 members (excludes halogenated alkanes) is 17. The molecule has 5 nitrogen and oxygen atoms in total. The van der Waals surface area contributed by atoms with Crippen molar-refractivity contribution in [2.24, 2.45) is 0 Å². The average Bonchev–Trinajstić information content (AvgIpc) is 3.09. The first-order chi connectivity index (χ1) is 23.6. The predicted octanol–water partition coefficient (Wildman–Crippen LogP) is 12.4. The summed E-state index contributed by atoms with van der Waals surface area (Å²) in [5.41, 5.74) is 0. The molecule has 0 saturated heterocycles. The van der Waals surface area contributed by atoms with Crippen LogP contribution in [0.2, 0.25) is 0 Å². The molecule has 0 unspecified atom stereocenters. The van der Waals surface area contributed by atoms with Crippen molar-refractivity contribution in [1.29, 1.82) is 0 Å². The SMILES string of the molecule is CCCCCC=CCC=CCC=CCC=CCCCCCC(=O)O[C@@H](CO)COC(=O)CCCCCCCCCC=CCCCCCC. The summed E-state index contributed by atoms with van der Waals surface area (Å²) in [5.74, 6) is -0.635. The maximum Gasteiger partial charge on any atom is 0.306 e. The van der Waals surface area contributed by atoms with Gasteiger partial charge in [0.2, 0.25) is 0 Å². The number of carbonyl (C=O) groups excluding carboxylic acids is 2. The molecule has 1 N–H and O–H groups in total. The summed E-state index contributed by atoms with van der Waals surface area (Å²) in [5, 5.41) is 9.55. The van der Waals surface area contributed by atoms with Gasteiger partial charge in [0.05, 0.1) is 6.61 Å². The molecule has 0 fully saturated rings. The molecule has 0 aliphatic heterocycles. The van der Waals surface area contributed by atoms with Crippen LogP contribution in [-0.2, 0) is 19.1 Å². The number of allylic oxidation sites excluding steroid dienone is 10. The van der Waals surface area contributed by atoms with Crippen molar-refractivity contribution in [2.75, 3.05) is 13.2 Å². The zero-order valence-electron chi connectivity index (χ0n) is 31.2. The van der Waals surface area contributed by atoms with E-state index in [-0.39, 0.29) is 25.2 Å². The van der Waals surface area contributed by atoms with Gasteiger partial charge in [-0.15, -0.1) is 0 Å². The van der Waals surface area contributed by atoms with Crippen molar-refractivity contribution in [1.82, 2.24) is 0 Å². The molecule has 0 spiro atoms. The van der Waals surface area contributed by atoms with Crippen LogP contribution in [0, 0.1) is 0 Å². The lowest BCUT2D eigenvalue weighted by atomic mass is 10.1. The Kier molecular flexibility index (Phi) is 37.1. The normalized spacial score (nSPS) is 12.8. The van der Waals surface area contributed by atoms with Gasteiger partial charge in [-0.2, -0.15) is 0 Å². The van der Waals surface area contributed by atoms with E-state index in [0.717, 1.165) is 64.2 Å². The summed E-state index contributed by atoms with van der Waals surface area (Å²) < 4.78 is 10.6. The monoisotopic (exact) mass is 671 g/mol. The van der Waals surface area contributed by atoms with Gasteiger partial charge in [-0.25, -0.2) is 0 Å². The second-order valence-corrected chi connectivity index (χ2v) is 13.0. The van der Waals surface area contributed by atoms with Crippen LogP contribution in [0.15, 0.2) is 60.8 Å². The topological polar surface area (TPSA) is 72.8 Å². The van der Waals surface area contributed by atoms with Crippen molar-refractivity contribution >= 4 is 11.9 Å². The van der Waals surface area contributed by atoms with E-state index in [0.29, 0.717) is 12.8 Å². The summed E-state index contributed by atoms with van der Waals surface area (Å²) >= 11 is 0. The van der Waals surface area contributed by atoms with E-state index in [1.54, 1.807) is 0 Å². The van der Waals surface area contributed by atoms with Gasteiger partial charge in [-0.1, -0.05) is 145 Å². The second-order valence-electron chi connectivity index (χ2n) is 13.0. The molecule has 0 aliphatic carbocycles. The molecule has 0 amide bonds. The number of esters is 2.